The van der Waals surface area contributed by atoms with E-state index in [1.165, 1.54) is 6.08 Å². The van der Waals surface area contributed by atoms with E-state index in [0.29, 0.717) is 17.1 Å². The summed E-state index contributed by atoms with van der Waals surface area (Å²) >= 11 is 0. The summed E-state index contributed by atoms with van der Waals surface area (Å²) in [5, 5.41) is 13.9. The Balaban J connectivity index is 1.91. The number of aromatic nitrogens is 2. The van der Waals surface area contributed by atoms with Gasteiger partial charge in [0, 0.05) is 24.2 Å². The molecule has 1 aromatic carbocycles. The van der Waals surface area contributed by atoms with Gasteiger partial charge in [-0.15, -0.1) is 0 Å². The molecule has 0 spiro atoms. The van der Waals surface area contributed by atoms with Crippen LogP contribution in [0.4, 0.5) is 10.5 Å². The van der Waals surface area contributed by atoms with E-state index in [1.807, 2.05) is 0 Å². The number of carbonyl (C=O) groups is 2. The molecule has 2 rings (SSSR count). The number of urea groups is 1. The van der Waals surface area contributed by atoms with Crippen molar-refractivity contribution < 1.29 is 14.7 Å². The molecule has 0 radical (unpaired) electrons. The predicted molar refractivity (Wildman–Crippen MR) is 77.6 cm³/mol. The third-order valence-corrected chi connectivity index (χ3v) is 2.53. The fraction of sp³-hybridized carbons (Fsp3) is 0.0714. The first-order valence-electron chi connectivity index (χ1n) is 6.17. The summed E-state index contributed by atoms with van der Waals surface area (Å²) < 4.78 is 0. The minimum absolute atomic E-state index is 0.289. The van der Waals surface area contributed by atoms with E-state index in [1.54, 1.807) is 36.7 Å². The fourth-order valence-corrected chi connectivity index (χ4v) is 1.62. The molecule has 2 amide bonds. The molecular formula is C14H14N4O3. The van der Waals surface area contributed by atoms with Crippen molar-refractivity contribution in [1.82, 2.24) is 15.3 Å². The maximum atomic E-state index is 11.7. The lowest BCUT2D eigenvalue weighted by atomic mass is 10.2. The van der Waals surface area contributed by atoms with Crippen LogP contribution in [0.3, 0.4) is 0 Å². The van der Waals surface area contributed by atoms with Crippen LogP contribution < -0.4 is 10.6 Å². The molecule has 1 aromatic heterocycles. The largest absolute Gasteiger partial charge is 0.478 e. The number of nitrogens with one attached hydrogen (secondary N) is 3. The first-order valence-corrected chi connectivity index (χ1v) is 6.17. The summed E-state index contributed by atoms with van der Waals surface area (Å²) in [6, 6.07) is 6.48. The van der Waals surface area contributed by atoms with Crippen molar-refractivity contribution in [2.45, 2.75) is 6.54 Å². The number of carboxylic acid groups (broad SMARTS) is 1. The quantitative estimate of drug-likeness (QED) is 0.629. The highest BCUT2D eigenvalue weighted by Crippen LogP contribution is 2.11. The summed E-state index contributed by atoms with van der Waals surface area (Å²) in [6.45, 7) is 0.289. The van der Waals surface area contributed by atoms with Crippen LogP contribution in [0, 0.1) is 0 Å². The van der Waals surface area contributed by atoms with Crippen LogP contribution in [0.2, 0.25) is 0 Å². The number of H-pyrrole nitrogens is 1. The molecular weight excluding hydrogens is 272 g/mol. The van der Waals surface area contributed by atoms with E-state index in [2.05, 4.69) is 20.6 Å². The van der Waals surface area contributed by atoms with Crippen LogP contribution in [0.15, 0.2) is 42.7 Å². The molecule has 2 aromatic rings. The Morgan fingerprint density at radius 1 is 1.38 bits per heavy atom. The monoisotopic (exact) mass is 286 g/mol. The highest BCUT2D eigenvalue weighted by molar-refractivity contribution is 5.90. The average molecular weight is 286 g/mol. The van der Waals surface area contributed by atoms with Gasteiger partial charge >= 0.3 is 12.0 Å². The van der Waals surface area contributed by atoms with Gasteiger partial charge in [0.1, 0.15) is 5.82 Å². The van der Waals surface area contributed by atoms with E-state index in [4.69, 9.17) is 5.11 Å². The summed E-state index contributed by atoms with van der Waals surface area (Å²) in [6.07, 6.45) is 5.77. The number of benzene rings is 1. The van der Waals surface area contributed by atoms with Gasteiger partial charge in [-0.3, -0.25) is 0 Å². The second kappa shape index (κ2) is 6.90. The lowest BCUT2D eigenvalue weighted by Gasteiger charge is -2.07. The third-order valence-electron chi connectivity index (χ3n) is 2.53. The molecule has 4 N–H and O–H groups in total. The summed E-state index contributed by atoms with van der Waals surface area (Å²) in [5.74, 6) is -0.368. The van der Waals surface area contributed by atoms with Crippen molar-refractivity contribution in [1.29, 1.82) is 0 Å². The Hall–Kier alpha value is -3.09. The molecule has 0 atom stereocenters. The zero-order valence-corrected chi connectivity index (χ0v) is 11.0. The molecule has 0 bridgehead atoms. The van der Waals surface area contributed by atoms with Gasteiger partial charge in [0.2, 0.25) is 0 Å². The minimum Gasteiger partial charge on any atom is -0.478 e. The maximum Gasteiger partial charge on any atom is 0.328 e. The zero-order chi connectivity index (χ0) is 15.1. The van der Waals surface area contributed by atoms with Gasteiger partial charge in [-0.05, 0) is 23.8 Å². The van der Waals surface area contributed by atoms with Crippen LogP contribution >= 0.6 is 0 Å². The van der Waals surface area contributed by atoms with Crippen LogP contribution in [0.25, 0.3) is 6.08 Å². The van der Waals surface area contributed by atoms with Gasteiger partial charge in [-0.1, -0.05) is 12.1 Å². The SMILES string of the molecule is O=C(O)/C=C/c1cccc(NC(=O)NCc2ncc[nH]2)c1. The number of aliphatic carboxylic acids is 1. The molecule has 21 heavy (non-hydrogen) atoms. The fourth-order valence-electron chi connectivity index (χ4n) is 1.62. The maximum absolute atomic E-state index is 11.7. The molecule has 108 valence electrons. The third kappa shape index (κ3) is 4.83. The summed E-state index contributed by atoms with van der Waals surface area (Å²) in [5.41, 5.74) is 1.25. The van der Waals surface area contributed by atoms with Crippen LogP contribution in [0.1, 0.15) is 11.4 Å². The first kappa shape index (κ1) is 14.3. The Morgan fingerprint density at radius 2 is 2.24 bits per heavy atom. The predicted octanol–water partition coefficient (Wildman–Crippen LogP) is 1.83. The molecule has 0 saturated heterocycles. The van der Waals surface area contributed by atoms with Crippen LogP contribution in [0.5, 0.6) is 0 Å². The normalized spacial score (nSPS) is 10.5. The number of anilines is 1. The molecule has 7 heteroatoms. The standard InChI is InChI=1S/C14H14N4O3/c19-13(20)5-4-10-2-1-3-11(8-10)18-14(21)17-9-12-15-6-7-16-12/h1-8H,9H2,(H,15,16)(H,19,20)(H2,17,18,21)/b5-4+. The first-order chi connectivity index (χ1) is 10.1. The number of carbonyl (C=O) groups excluding carboxylic acids is 1. The van der Waals surface area contributed by atoms with E-state index in [9.17, 15) is 9.59 Å². The smallest absolute Gasteiger partial charge is 0.328 e. The van der Waals surface area contributed by atoms with Crippen LogP contribution in [-0.2, 0) is 11.3 Å². The van der Waals surface area contributed by atoms with Gasteiger partial charge in [-0.2, -0.15) is 0 Å². The Morgan fingerprint density at radius 3 is 2.95 bits per heavy atom. The second-order valence-electron chi connectivity index (χ2n) is 4.14. The molecule has 0 aliphatic heterocycles. The molecule has 7 nitrogen and oxygen atoms in total. The number of nitrogens with zero attached hydrogens (tertiary/aromatic N) is 1. The molecule has 0 aliphatic carbocycles. The number of aromatic amines is 1. The minimum atomic E-state index is -1.02. The van der Waals surface area contributed by atoms with Gasteiger partial charge in [0.05, 0.1) is 6.54 Å². The van der Waals surface area contributed by atoms with Crippen molar-refractivity contribution in [3.8, 4) is 0 Å². The van der Waals surface area contributed by atoms with Gasteiger partial charge in [-0.25, -0.2) is 14.6 Å². The number of hydrogen-bond acceptors (Lipinski definition) is 3. The Labute approximate surface area is 120 Å². The molecule has 0 fully saturated rings. The molecule has 0 saturated carbocycles. The molecule has 1 heterocycles. The average Bonchev–Trinajstić information content (AvgIpc) is 2.97. The van der Waals surface area contributed by atoms with Crippen molar-refractivity contribution in [2.75, 3.05) is 5.32 Å². The Bertz CT molecular complexity index is 650. The number of imidazole rings is 1. The zero-order valence-electron chi connectivity index (χ0n) is 11.0. The van der Waals surface area contributed by atoms with E-state index < -0.39 is 5.97 Å². The topological polar surface area (TPSA) is 107 Å². The number of hydrogen-bond donors (Lipinski definition) is 4. The lowest BCUT2D eigenvalue weighted by Crippen LogP contribution is -2.28. The van der Waals surface area contributed by atoms with E-state index in [0.717, 1.165) is 6.08 Å². The van der Waals surface area contributed by atoms with Crippen molar-refractivity contribution in [3.05, 3.63) is 54.1 Å². The van der Waals surface area contributed by atoms with Crippen LogP contribution in [-0.4, -0.2) is 27.1 Å². The number of carboxylic acids is 1. The highest BCUT2D eigenvalue weighted by atomic mass is 16.4. The lowest BCUT2D eigenvalue weighted by molar-refractivity contribution is -0.131. The number of rotatable bonds is 5. The summed E-state index contributed by atoms with van der Waals surface area (Å²) in [7, 11) is 0. The van der Waals surface area contributed by atoms with Gasteiger partial charge in [0.15, 0.2) is 0 Å². The van der Waals surface area contributed by atoms with Crippen molar-refractivity contribution >= 4 is 23.8 Å². The molecule has 0 unspecified atom stereocenters. The number of amides is 2. The summed E-state index contributed by atoms with van der Waals surface area (Å²) in [4.78, 5) is 29.0. The highest BCUT2D eigenvalue weighted by Gasteiger charge is 2.03. The van der Waals surface area contributed by atoms with Gasteiger partial charge in [0.25, 0.3) is 0 Å². The van der Waals surface area contributed by atoms with Crippen molar-refractivity contribution in [2.24, 2.45) is 0 Å². The van der Waals surface area contributed by atoms with Gasteiger partial charge < -0.3 is 20.7 Å². The Kier molecular flexibility index (Phi) is 4.70. The van der Waals surface area contributed by atoms with E-state index in [-0.39, 0.29) is 12.6 Å². The second-order valence-corrected chi connectivity index (χ2v) is 4.14. The van der Waals surface area contributed by atoms with E-state index >= 15 is 0 Å². The van der Waals surface area contributed by atoms with Crippen molar-refractivity contribution in [3.63, 3.8) is 0 Å². The molecule has 0 aliphatic rings.